The molecule has 88 valence electrons. The van der Waals surface area contributed by atoms with E-state index in [1.54, 1.807) is 0 Å². The molecule has 1 heterocycles. The zero-order valence-electron chi connectivity index (χ0n) is 10.3. The summed E-state index contributed by atoms with van der Waals surface area (Å²) in [4.78, 5) is 0. The minimum Gasteiger partial charge on any atom is -0.344 e. The average Bonchev–Trinajstić information content (AvgIpc) is 2.69. The summed E-state index contributed by atoms with van der Waals surface area (Å²) in [5.41, 5.74) is 1.21. The fraction of sp³-hybridized carbons (Fsp3) is 0.571. The van der Waals surface area contributed by atoms with Crippen LogP contribution in [0, 0.1) is 0 Å². The molecule has 1 aliphatic rings. The van der Waals surface area contributed by atoms with Gasteiger partial charge in [-0.25, -0.2) is 0 Å². The number of rotatable bonds is 3. The minimum absolute atomic E-state index is 0.0705. The number of ether oxygens (including phenoxy) is 2. The molecule has 0 bridgehead atoms. The van der Waals surface area contributed by atoms with Gasteiger partial charge in [-0.3, -0.25) is 0 Å². The van der Waals surface area contributed by atoms with Crippen LogP contribution < -0.4 is 0 Å². The van der Waals surface area contributed by atoms with Gasteiger partial charge in [0.2, 0.25) is 0 Å². The molecule has 0 saturated carbocycles. The molecule has 0 amide bonds. The van der Waals surface area contributed by atoms with Crippen molar-refractivity contribution in [2.24, 2.45) is 0 Å². The lowest BCUT2D eigenvalue weighted by Crippen LogP contribution is -2.28. The fourth-order valence-electron chi connectivity index (χ4n) is 2.32. The first kappa shape index (κ1) is 11.6. The summed E-state index contributed by atoms with van der Waals surface area (Å²) in [5.74, 6) is -0.375. The van der Waals surface area contributed by atoms with E-state index in [0.29, 0.717) is 0 Å². The van der Waals surface area contributed by atoms with E-state index in [1.165, 1.54) is 5.56 Å². The normalized spacial score (nSPS) is 28.2. The first-order valence-electron chi connectivity index (χ1n) is 6.11. The van der Waals surface area contributed by atoms with Crippen molar-refractivity contribution in [1.82, 2.24) is 0 Å². The van der Waals surface area contributed by atoms with Crippen molar-refractivity contribution >= 4 is 0 Å². The first-order chi connectivity index (χ1) is 7.71. The van der Waals surface area contributed by atoms with Crippen LogP contribution in [0.2, 0.25) is 0 Å². The van der Waals surface area contributed by atoms with Crippen LogP contribution >= 0.6 is 0 Å². The zero-order chi connectivity index (χ0) is 11.6. The quantitative estimate of drug-likeness (QED) is 0.773. The lowest BCUT2D eigenvalue weighted by atomic mass is 10.1. The van der Waals surface area contributed by atoms with E-state index in [4.69, 9.17) is 9.47 Å². The fourth-order valence-corrected chi connectivity index (χ4v) is 2.32. The maximum atomic E-state index is 6.12. The summed E-state index contributed by atoms with van der Waals surface area (Å²) in [6.07, 6.45) is 2.00. The highest BCUT2D eigenvalue weighted by Gasteiger charge is 2.43. The number of benzene rings is 1. The van der Waals surface area contributed by atoms with Gasteiger partial charge in [-0.2, -0.15) is 0 Å². The lowest BCUT2D eigenvalue weighted by molar-refractivity contribution is -0.178. The van der Waals surface area contributed by atoms with Crippen molar-refractivity contribution in [3.05, 3.63) is 35.9 Å². The van der Waals surface area contributed by atoms with Crippen LogP contribution in [0.1, 0.15) is 45.3 Å². The Morgan fingerprint density at radius 1 is 1.06 bits per heavy atom. The summed E-state index contributed by atoms with van der Waals surface area (Å²) in [7, 11) is 0. The molecule has 0 aromatic heterocycles. The Hall–Kier alpha value is -0.860. The summed E-state index contributed by atoms with van der Waals surface area (Å²) in [6.45, 7) is 6.32. The van der Waals surface area contributed by atoms with Crippen molar-refractivity contribution < 1.29 is 9.47 Å². The Bertz CT molecular complexity index is 330. The molecular weight excluding hydrogens is 200 g/mol. The molecule has 1 fully saturated rings. The van der Waals surface area contributed by atoms with Gasteiger partial charge in [0.05, 0.1) is 6.10 Å². The van der Waals surface area contributed by atoms with Crippen LogP contribution in [0.3, 0.4) is 0 Å². The van der Waals surface area contributed by atoms with Gasteiger partial charge >= 0.3 is 0 Å². The molecule has 16 heavy (non-hydrogen) atoms. The molecule has 2 heteroatoms. The van der Waals surface area contributed by atoms with Gasteiger partial charge in [-0.05, 0) is 25.3 Å². The SMILES string of the molecule is CCC1(CC)O[C@H](C)[C@H](c2ccccc2)O1. The molecule has 0 radical (unpaired) electrons. The smallest absolute Gasteiger partial charge is 0.169 e. The van der Waals surface area contributed by atoms with Crippen LogP contribution in [0.15, 0.2) is 30.3 Å². The summed E-state index contributed by atoms with van der Waals surface area (Å²) >= 11 is 0. The molecule has 0 unspecified atom stereocenters. The van der Waals surface area contributed by atoms with E-state index in [9.17, 15) is 0 Å². The monoisotopic (exact) mass is 220 g/mol. The largest absolute Gasteiger partial charge is 0.344 e. The van der Waals surface area contributed by atoms with Gasteiger partial charge in [0.15, 0.2) is 5.79 Å². The van der Waals surface area contributed by atoms with Gasteiger partial charge in [0.25, 0.3) is 0 Å². The van der Waals surface area contributed by atoms with E-state index < -0.39 is 0 Å². The first-order valence-corrected chi connectivity index (χ1v) is 6.11. The third kappa shape index (κ3) is 2.00. The molecule has 2 nitrogen and oxygen atoms in total. The highest BCUT2D eigenvalue weighted by atomic mass is 16.8. The molecule has 1 aromatic carbocycles. The van der Waals surface area contributed by atoms with E-state index in [2.05, 4.69) is 32.9 Å². The number of hydrogen-bond donors (Lipinski definition) is 0. The molecule has 1 aliphatic heterocycles. The molecule has 1 saturated heterocycles. The Morgan fingerprint density at radius 2 is 1.69 bits per heavy atom. The summed E-state index contributed by atoms with van der Waals surface area (Å²) in [6, 6.07) is 10.3. The van der Waals surface area contributed by atoms with Crippen LogP contribution in [-0.2, 0) is 9.47 Å². The van der Waals surface area contributed by atoms with Gasteiger partial charge < -0.3 is 9.47 Å². The molecule has 1 aromatic rings. The average molecular weight is 220 g/mol. The molecule has 2 atom stereocenters. The molecular formula is C14H20O2. The van der Waals surface area contributed by atoms with Crippen LogP contribution in [0.25, 0.3) is 0 Å². The van der Waals surface area contributed by atoms with Crippen molar-refractivity contribution in [1.29, 1.82) is 0 Å². The molecule has 0 spiro atoms. The van der Waals surface area contributed by atoms with E-state index in [0.717, 1.165) is 12.8 Å². The Morgan fingerprint density at radius 3 is 2.19 bits per heavy atom. The predicted octanol–water partition coefficient (Wildman–Crippen LogP) is 3.68. The van der Waals surface area contributed by atoms with Crippen molar-refractivity contribution in [2.75, 3.05) is 0 Å². The molecule has 0 aliphatic carbocycles. The van der Waals surface area contributed by atoms with Crippen molar-refractivity contribution in [2.45, 2.75) is 51.6 Å². The van der Waals surface area contributed by atoms with Crippen molar-refractivity contribution in [3.8, 4) is 0 Å². The second kappa shape index (κ2) is 4.56. The Labute approximate surface area is 97.6 Å². The standard InChI is InChI=1S/C14H20O2/c1-4-14(5-2)15-11(3)13(16-14)12-9-7-6-8-10-12/h6-11,13H,4-5H2,1-3H3/t11-,13-/m1/s1. The van der Waals surface area contributed by atoms with Gasteiger partial charge in [0, 0.05) is 0 Å². The van der Waals surface area contributed by atoms with Gasteiger partial charge in [-0.1, -0.05) is 44.2 Å². The maximum Gasteiger partial charge on any atom is 0.169 e. The summed E-state index contributed by atoms with van der Waals surface area (Å²) < 4.78 is 12.1. The highest BCUT2D eigenvalue weighted by molar-refractivity contribution is 5.19. The van der Waals surface area contributed by atoms with E-state index in [1.807, 2.05) is 18.2 Å². The topological polar surface area (TPSA) is 18.5 Å². The maximum absolute atomic E-state index is 6.12. The van der Waals surface area contributed by atoms with Crippen LogP contribution in [-0.4, -0.2) is 11.9 Å². The van der Waals surface area contributed by atoms with Gasteiger partial charge in [0.1, 0.15) is 6.10 Å². The van der Waals surface area contributed by atoms with Crippen LogP contribution in [0.4, 0.5) is 0 Å². The molecule has 0 N–H and O–H groups in total. The third-order valence-electron chi connectivity index (χ3n) is 3.37. The number of hydrogen-bond acceptors (Lipinski definition) is 2. The summed E-state index contributed by atoms with van der Waals surface area (Å²) in [5, 5.41) is 0. The predicted molar refractivity (Wildman–Crippen MR) is 64.1 cm³/mol. The highest BCUT2D eigenvalue weighted by Crippen LogP contribution is 2.41. The van der Waals surface area contributed by atoms with E-state index >= 15 is 0 Å². The van der Waals surface area contributed by atoms with Gasteiger partial charge in [-0.15, -0.1) is 0 Å². The van der Waals surface area contributed by atoms with Crippen molar-refractivity contribution in [3.63, 3.8) is 0 Å². The minimum atomic E-state index is -0.375. The Balaban J connectivity index is 2.20. The third-order valence-corrected chi connectivity index (χ3v) is 3.37. The van der Waals surface area contributed by atoms with Crippen LogP contribution in [0.5, 0.6) is 0 Å². The molecule has 2 rings (SSSR count). The second-order valence-electron chi connectivity index (χ2n) is 4.39. The second-order valence-corrected chi connectivity index (χ2v) is 4.39. The zero-order valence-corrected chi connectivity index (χ0v) is 10.3. The Kier molecular flexibility index (Phi) is 3.31. The lowest BCUT2D eigenvalue weighted by Gasteiger charge is -2.25. The van der Waals surface area contributed by atoms with E-state index in [-0.39, 0.29) is 18.0 Å².